The molecule has 3 heteroatoms. The first-order valence-corrected chi connectivity index (χ1v) is 9.41. The first kappa shape index (κ1) is 17.3. The lowest BCUT2D eigenvalue weighted by molar-refractivity contribution is -0.154. The van der Waals surface area contributed by atoms with Crippen molar-refractivity contribution in [2.75, 3.05) is 0 Å². The van der Waals surface area contributed by atoms with E-state index in [4.69, 9.17) is 0 Å². The Morgan fingerprint density at radius 3 is 2.00 bits per heavy atom. The minimum Gasteiger partial charge on any atom is -0.481 e. The molecule has 3 nitrogen and oxygen atoms in total. The lowest BCUT2D eigenvalue weighted by Gasteiger charge is -2.26. The van der Waals surface area contributed by atoms with Crippen LogP contribution < -0.4 is 0 Å². The number of benzene rings is 2. The van der Waals surface area contributed by atoms with Crippen molar-refractivity contribution in [3.05, 3.63) is 71.8 Å². The van der Waals surface area contributed by atoms with Crippen molar-refractivity contribution in [1.82, 2.24) is 0 Å². The van der Waals surface area contributed by atoms with Gasteiger partial charge in [0, 0.05) is 5.41 Å². The van der Waals surface area contributed by atoms with Gasteiger partial charge in [0.2, 0.25) is 0 Å². The average molecular weight is 350 g/mol. The first-order chi connectivity index (χ1) is 12.4. The van der Waals surface area contributed by atoms with Crippen LogP contribution in [0.4, 0.5) is 0 Å². The molecule has 0 amide bonds. The van der Waals surface area contributed by atoms with Crippen molar-refractivity contribution in [1.29, 1.82) is 0 Å². The van der Waals surface area contributed by atoms with E-state index in [1.54, 1.807) is 13.8 Å². The zero-order valence-corrected chi connectivity index (χ0v) is 15.3. The lowest BCUT2D eigenvalue weighted by Crippen LogP contribution is -2.39. The van der Waals surface area contributed by atoms with Crippen LogP contribution in [-0.2, 0) is 10.2 Å². The molecule has 4 unspecified atom stereocenters. The predicted octanol–water partition coefficient (Wildman–Crippen LogP) is 4.10. The normalized spacial score (nSPS) is 27.6. The molecule has 0 radical (unpaired) electrons. The third-order valence-corrected chi connectivity index (χ3v) is 6.70. The maximum Gasteiger partial charge on any atom is 0.311 e. The Kier molecular flexibility index (Phi) is 3.96. The van der Waals surface area contributed by atoms with Crippen molar-refractivity contribution in [2.45, 2.75) is 38.2 Å². The summed E-state index contributed by atoms with van der Waals surface area (Å²) in [6, 6.07) is 21.2. The zero-order valence-electron chi connectivity index (χ0n) is 15.3. The Bertz CT molecular complexity index is 757. The van der Waals surface area contributed by atoms with Crippen LogP contribution >= 0.6 is 0 Å². The molecule has 26 heavy (non-hydrogen) atoms. The van der Waals surface area contributed by atoms with Crippen LogP contribution in [0, 0.1) is 23.2 Å². The Balaban J connectivity index is 1.61. The fourth-order valence-corrected chi connectivity index (χ4v) is 4.83. The van der Waals surface area contributed by atoms with E-state index >= 15 is 0 Å². The van der Waals surface area contributed by atoms with E-state index in [9.17, 15) is 15.0 Å². The van der Waals surface area contributed by atoms with Crippen LogP contribution in [0.1, 0.15) is 37.8 Å². The molecule has 2 saturated carbocycles. The molecule has 0 aliphatic heterocycles. The third kappa shape index (κ3) is 2.57. The SMILES string of the molecule is CC(C)(C(=O)O)C(O)C1CC1C1CC1(c1ccccc1)c1ccccc1. The molecule has 0 saturated heterocycles. The summed E-state index contributed by atoms with van der Waals surface area (Å²) in [5, 5.41) is 20.1. The minimum absolute atomic E-state index is 0.00895. The van der Waals surface area contributed by atoms with E-state index in [1.165, 1.54) is 11.1 Å². The number of aliphatic hydroxyl groups is 1. The van der Waals surface area contributed by atoms with E-state index in [0.717, 1.165) is 12.8 Å². The van der Waals surface area contributed by atoms with Crippen LogP contribution in [0.2, 0.25) is 0 Å². The molecule has 2 aliphatic carbocycles. The number of rotatable bonds is 6. The van der Waals surface area contributed by atoms with Gasteiger partial charge in [-0.2, -0.15) is 0 Å². The largest absolute Gasteiger partial charge is 0.481 e. The Morgan fingerprint density at radius 2 is 1.54 bits per heavy atom. The summed E-state index contributed by atoms with van der Waals surface area (Å²) in [6.45, 7) is 3.26. The highest BCUT2D eigenvalue weighted by Gasteiger charge is 2.66. The summed E-state index contributed by atoms with van der Waals surface area (Å²) >= 11 is 0. The van der Waals surface area contributed by atoms with Gasteiger partial charge in [0.25, 0.3) is 0 Å². The molecular formula is C23H26O3. The molecule has 136 valence electrons. The van der Waals surface area contributed by atoms with Crippen molar-refractivity contribution in [3.63, 3.8) is 0 Å². The van der Waals surface area contributed by atoms with Gasteiger partial charge in [0.05, 0.1) is 11.5 Å². The molecule has 0 bridgehead atoms. The van der Waals surface area contributed by atoms with Gasteiger partial charge in [-0.15, -0.1) is 0 Å². The van der Waals surface area contributed by atoms with E-state index in [0.29, 0.717) is 11.8 Å². The van der Waals surface area contributed by atoms with Crippen molar-refractivity contribution in [2.24, 2.45) is 23.2 Å². The van der Waals surface area contributed by atoms with Gasteiger partial charge in [0.1, 0.15) is 0 Å². The van der Waals surface area contributed by atoms with E-state index in [1.807, 2.05) is 12.1 Å². The Hall–Kier alpha value is -2.13. The second kappa shape index (κ2) is 5.95. The maximum atomic E-state index is 11.5. The van der Waals surface area contributed by atoms with Crippen LogP contribution in [0.3, 0.4) is 0 Å². The molecule has 4 atom stereocenters. The van der Waals surface area contributed by atoms with Gasteiger partial charge in [-0.3, -0.25) is 4.79 Å². The summed E-state index contributed by atoms with van der Waals surface area (Å²) in [5.74, 6) is 0.0183. The number of aliphatic carboxylic acids is 1. The summed E-state index contributed by atoms with van der Waals surface area (Å²) in [6.07, 6.45) is 1.20. The highest BCUT2D eigenvalue weighted by molar-refractivity contribution is 5.74. The quantitative estimate of drug-likeness (QED) is 0.825. The van der Waals surface area contributed by atoms with Crippen LogP contribution in [-0.4, -0.2) is 22.3 Å². The molecule has 2 aromatic rings. The molecule has 0 heterocycles. The lowest BCUT2D eigenvalue weighted by atomic mass is 9.81. The molecular weight excluding hydrogens is 324 g/mol. The fraction of sp³-hybridized carbons (Fsp3) is 0.435. The molecule has 2 aliphatic rings. The zero-order chi connectivity index (χ0) is 18.5. The van der Waals surface area contributed by atoms with Gasteiger partial charge in [-0.25, -0.2) is 0 Å². The smallest absolute Gasteiger partial charge is 0.311 e. The summed E-state index contributed by atoms with van der Waals surface area (Å²) in [4.78, 5) is 11.5. The molecule has 0 aromatic heterocycles. The number of hydrogen-bond donors (Lipinski definition) is 2. The number of aliphatic hydroxyl groups excluding tert-OH is 1. The maximum absolute atomic E-state index is 11.5. The third-order valence-electron chi connectivity index (χ3n) is 6.70. The number of carboxylic acid groups (broad SMARTS) is 1. The highest BCUT2D eigenvalue weighted by atomic mass is 16.4. The van der Waals surface area contributed by atoms with Crippen molar-refractivity contribution < 1.29 is 15.0 Å². The minimum atomic E-state index is -1.10. The van der Waals surface area contributed by atoms with Gasteiger partial charge in [0.15, 0.2) is 0 Å². The summed E-state index contributed by atoms with van der Waals surface area (Å²) in [5.41, 5.74) is 1.56. The summed E-state index contributed by atoms with van der Waals surface area (Å²) < 4.78 is 0. The van der Waals surface area contributed by atoms with Gasteiger partial charge >= 0.3 is 5.97 Å². The monoisotopic (exact) mass is 350 g/mol. The van der Waals surface area contributed by atoms with E-state index in [-0.39, 0.29) is 11.3 Å². The molecule has 4 rings (SSSR count). The second-order valence-electron chi connectivity index (χ2n) is 8.55. The van der Waals surface area contributed by atoms with Gasteiger partial charge < -0.3 is 10.2 Å². The molecule has 2 fully saturated rings. The topological polar surface area (TPSA) is 57.5 Å². The molecule has 0 spiro atoms. The average Bonchev–Trinajstić information content (AvgIpc) is 3.55. The number of carboxylic acids is 1. The Labute approximate surface area is 154 Å². The van der Waals surface area contributed by atoms with E-state index in [2.05, 4.69) is 48.5 Å². The highest BCUT2D eigenvalue weighted by Crippen LogP contribution is 2.69. The van der Waals surface area contributed by atoms with Crippen LogP contribution in [0.25, 0.3) is 0 Å². The predicted molar refractivity (Wildman–Crippen MR) is 101 cm³/mol. The second-order valence-corrected chi connectivity index (χ2v) is 8.55. The Morgan fingerprint density at radius 1 is 1.04 bits per heavy atom. The number of hydrogen-bond acceptors (Lipinski definition) is 2. The van der Waals surface area contributed by atoms with E-state index < -0.39 is 17.5 Å². The van der Waals surface area contributed by atoms with Crippen molar-refractivity contribution >= 4 is 5.97 Å². The first-order valence-electron chi connectivity index (χ1n) is 9.41. The standard InChI is InChI=1S/C23H26O3/c1-22(2,21(25)26)20(24)18-13-17(18)19-14-23(19,15-9-5-3-6-10-15)16-11-7-4-8-12-16/h3-12,17-20,24H,13-14H2,1-2H3,(H,25,26). The van der Waals surface area contributed by atoms with Gasteiger partial charge in [-0.05, 0) is 55.6 Å². The number of carbonyl (C=O) groups is 1. The molecule has 2 N–H and O–H groups in total. The fourth-order valence-electron chi connectivity index (χ4n) is 4.83. The summed E-state index contributed by atoms with van der Waals surface area (Å²) in [7, 11) is 0. The van der Waals surface area contributed by atoms with Crippen LogP contribution in [0.15, 0.2) is 60.7 Å². The van der Waals surface area contributed by atoms with Gasteiger partial charge in [-0.1, -0.05) is 60.7 Å². The van der Waals surface area contributed by atoms with Crippen LogP contribution in [0.5, 0.6) is 0 Å². The molecule has 2 aromatic carbocycles. The van der Waals surface area contributed by atoms with Crippen molar-refractivity contribution in [3.8, 4) is 0 Å².